The van der Waals surface area contributed by atoms with Gasteiger partial charge in [-0.15, -0.1) is 0 Å². The molecule has 1 unspecified atom stereocenters. The molecule has 0 saturated heterocycles. The highest BCUT2D eigenvalue weighted by molar-refractivity contribution is 5.80. The van der Waals surface area contributed by atoms with Gasteiger partial charge in [0.2, 0.25) is 0 Å². The van der Waals surface area contributed by atoms with Gasteiger partial charge in [-0.25, -0.2) is 9.78 Å². The molecule has 21 heavy (non-hydrogen) atoms. The molecule has 0 aliphatic heterocycles. The van der Waals surface area contributed by atoms with Gasteiger partial charge in [-0.05, 0) is 26.3 Å². The fraction of sp³-hybridized carbons (Fsp3) is 0.375. The van der Waals surface area contributed by atoms with Crippen LogP contribution in [0.5, 0.6) is 0 Å². The number of nitrogens with zero attached hydrogens (tertiary/aromatic N) is 2. The average molecular weight is 287 g/mol. The van der Waals surface area contributed by atoms with Gasteiger partial charge in [0, 0.05) is 18.4 Å². The van der Waals surface area contributed by atoms with E-state index in [0.717, 1.165) is 11.4 Å². The second-order valence-electron chi connectivity index (χ2n) is 5.48. The summed E-state index contributed by atoms with van der Waals surface area (Å²) in [5, 5.41) is 13.1. The number of carboxylic acid groups (broad SMARTS) is 1. The van der Waals surface area contributed by atoms with E-state index in [1.807, 2.05) is 55.7 Å². The molecule has 5 heteroatoms. The molecule has 2 N–H and O–H groups in total. The van der Waals surface area contributed by atoms with Gasteiger partial charge in [0.1, 0.15) is 5.82 Å². The quantitative estimate of drug-likeness (QED) is 0.854. The summed E-state index contributed by atoms with van der Waals surface area (Å²) in [6.07, 6.45) is 3.49. The number of hydrogen-bond donors (Lipinski definition) is 2. The van der Waals surface area contributed by atoms with Crippen molar-refractivity contribution in [3.8, 4) is 0 Å². The Labute approximate surface area is 124 Å². The van der Waals surface area contributed by atoms with Crippen LogP contribution in [0.25, 0.3) is 0 Å². The zero-order valence-electron chi connectivity index (χ0n) is 12.6. The van der Waals surface area contributed by atoms with Crippen LogP contribution in [0.15, 0.2) is 42.7 Å². The molecule has 0 saturated carbocycles. The van der Waals surface area contributed by atoms with Crippen LogP contribution in [0.1, 0.15) is 25.2 Å². The normalized spacial score (nSPS) is 14.1. The molecule has 0 fully saturated rings. The number of carboxylic acids is 1. The minimum atomic E-state index is -1.18. The Hall–Kier alpha value is -2.14. The van der Waals surface area contributed by atoms with Crippen LogP contribution < -0.4 is 5.32 Å². The topological polar surface area (TPSA) is 67.2 Å². The number of nitrogens with one attached hydrogen (secondary N) is 1. The molecule has 0 radical (unpaired) electrons. The maximum Gasteiger partial charge on any atom is 0.330 e. The highest BCUT2D eigenvalue weighted by Crippen LogP contribution is 2.25. The summed E-state index contributed by atoms with van der Waals surface area (Å²) in [4.78, 5) is 16.3. The van der Waals surface area contributed by atoms with Gasteiger partial charge in [0.05, 0.1) is 6.54 Å². The van der Waals surface area contributed by atoms with Crippen LogP contribution in [0.4, 0.5) is 0 Å². The third-order valence-corrected chi connectivity index (χ3v) is 3.50. The SMILES string of the molecule is Cc1nccn1CC(NC(C)C)(C(=O)O)c1ccccc1. The number of imidazole rings is 1. The van der Waals surface area contributed by atoms with Crippen LogP contribution in [-0.2, 0) is 16.9 Å². The molecule has 1 heterocycles. The van der Waals surface area contributed by atoms with Crippen molar-refractivity contribution in [2.24, 2.45) is 0 Å². The van der Waals surface area contributed by atoms with Crippen molar-refractivity contribution < 1.29 is 9.90 Å². The Bertz CT molecular complexity index is 607. The molecular weight excluding hydrogens is 266 g/mol. The molecule has 1 aromatic carbocycles. The molecule has 0 aliphatic rings. The van der Waals surface area contributed by atoms with Gasteiger partial charge in [0.15, 0.2) is 5.54 Å². The molecule has 5 nitrogen and oxygen atoms in total. The van der Waals surface area contributed by atoms with Crippen LogP contribution in [-0.4, -0.2) is 26.7 Å². The van der Waals surface area contributed by atoms with Crippen LogP contribution in [0.2, 0.25) is 0 Å². The molecule has 1 atom stereocenters. The van der Waals surface area contributed by atoms with E-state index in [9.17, 15) is 9.90 Å². The molecule has 1 aromatic heterocycles. The summed E-state index contributed by atoms with van der Waals surface area (Å²) >= 11 is 0. The van der Waals surface area contributed by atoms with E-state index < -0.39 is 11.5 Å². The molecule has 0 spiro atoms. The van der Waals surface area contributed by atoms with Crippen LogP contribution in [0, 0.1) is 6.92 Å². The zero-order valence-corrected chi connectivity index (χ0v) is 12.6. The number of hydrogen-bond acceptors (Lipinski definition) is 3. The van der Waals surface area contributed by atoms with Crippen molar-refractivity contribution in [2.75, 3.05) is 0 Å². The summed E-state index contributed by atoms with van der Waals surface area (Å²) in [6.45, 7) is 6.05. The van der Waals surface area contributed by atoms with Gasteiger partial charge < -0.3 is 9.67 Å². The van der Waals surface area contributed by atoms with E-state index >= 15 is 0 Å². The first-order valence-electron chi connectivity index (χ1n) is 7.00. The Morgan fingerprint density at radius 3 is 2.52 bits per heavy atom. The molecular formula is C16H21N3O2. The summed E-state index contributed by atoms with van der Waals surface area (Å²) in [5.41, 5.74) is -0.444. The largest absolute Gasteiger partial charge is 0.480 e. The van der Waals surface area contributed by atoms with Crippen molar-refractivity contribution >= 4 is 5.97 Å². The van der Waals surface area contributed by atoms with Crippen molar-refractivity contribution in [3.05, 3.63) is 54.1 Å². The number of carbonyl (C=O) groups is 1. The smallest absolute Gasteiger partial charge is 0.330 e. The lowest BCUT2D eigenvalue weighted by Gasteiger charge is -2.33. The van der Waals surface area contributed by atoms with Crippen LogP contribution >= 0.6 is 0 Å². The lowest BCUT2D eigenvalue weighted by molar-refractivity contribution is -0.146. The monoisotopic (exact) mass is 287 g/mol. The maximum absolute atomic E-state index is 12.1. The first-order chi connectivity index (χ1) is 9.95. The van der Waals surface area contributed by atoms with Crippen molar-refractivity contribution in [2.45, 2.75) is 38.9 Å². The van der Waals surface area contributed by atoms with E-state index in [4.69, 9.17) is 0 Å². The summed E-state index contributed by atoms with van der Waals surface area (Å²) < 4.78 is 1.86. The maximum atomic E-state index is 12.1. The lowest BCUT2D eigenvalue weighted by Crippen LogP contribution is -2.54. The first kappa shape index (κ1) is 15.3. The average Bonchev–Trinajstić information content (AvgIpc) is 2.83. The van der Waals surface area contributed by atoms with Gasteiger partial charge in [0.25, 0.3) is 0 Å². The third-order valence-electron chi connectivity index (χ3n) is 3.50. The Morgan fingerprint density at radius 2 is 2.05 bits per heavy atom. The zero-order chi connectivity index (χ0) is 15.5. The fourth-order valence-corrected chi connectivity index (χ4v) is 2.51. The van der Waals surface area contributed by atoms with Crippen molar-refractivity contribution in [1.29, 1.82) is 0 Å². The fourth-order valence-electron chi connectivity index (χ4n) is 2.51. The first-order valence-corrected chi connectivity index (χ1v) is 7.00. The Balaban J connectivity index is 2.51. The van der Waals surface area contributed by atoms with Gasteiger partial charge >= 0.3 is 5.97 Å². The molecule has 2 rings (SSSR count). The predicted molar refractivity (Wildman–Crippen MR) is 81.0 cm³/mol. The third kappa shape index (κ3) is 3.13. The highest BCUT2D eigenvalue weighted by Gasteiger charge is 2.41. The predicted octanol–water partition coefficient (Wildman–Crippen LogP) is 2.17. The minimum Gasteiger partial charge on any atom is -0.480 e. The molecule has 112 valence electrons. The molecule has 0 bridgehead atoms. The Kier molecular flexibility index (Phi) is 4.43. The van der Waals surface area contributed by atoms with E-state index in [-0.39, 0.29) is 12.6 Å². The van der Waals surface area contributed by atoms with Gasteiger partial charge in [-0.2, -0.15) is 0 Å². The molecule has 0 aliphatic carbocycles. The highest BCUT2D eigenvalue weighted by atomic mass is 16.4. The minimum absolute atomic E-state index is 0.0325. The summed E-state index contributed by atoms with van der Waals surface area (Å²) in [6, 6.07) is 9.32. The second-order valence-corrected chi connectivity index (χ2v) is 5.48. The van der Waals surface area contributed by atoms with Gasteiger partial charge in [-0.1, -0.05) is 30.3 Å². The van der Waals surface area contributed by atoms with Gasteiger partial charge in [-0.3, -0.25) is 5.32 Å². The van der Waals surface area contributed by atoms with Crippen LogP contribution in [0.3, 0.4) is 0 Å². The Morgan fingerprint density at radius 1 is 1.38 bits per heavy atom. The number of rotatable bonds is 6. The number of aryl methyl sites for hydroxylation is 1. The van der Waals surface area contributed by atoms with Crippen molar-refractivity contribution in [3.63, 3.8) is 0 Å². The number of aliphatic carboxylic acids is 1. The lowest BCUT2D eigenvalue weighted by atomic mass is 9.88. The molecule has 2 aromatic rings. The second kappa shape index (κ2) is 6.10. The molecule has 0 amide bonds. The van der Waals surface area contributed by atoms with Crippen molar-refractivity contribution in [1.82, 2.24) is 14.9 Å². The van der Waals surface area contributed by atoms with E-state index in [1.54, 1.807) is 12.4 Å². The number of aromatic nitrogens is 2. The summed E-state index contributed by atoms with van der Waals surface area (Å²) in [5.74, 6) is -0.0994. The van der Waals surface area contributed by atoms with E-state index in [0.29, 0.717) is 0 Å². The van der Waals surface area contributed by atoms with E-state index in [2.05, 4.69) is 10.3 Å². The van der Waals surface area contributed by atoms with E-state index in [1.165, 1.54) is 0 Å². The standard InChI is InChI=1S/C16H21N3O2/c1-12(2)18-16(15(20)21,14-7-5-4-6-8-14)11-19-10-9-17-13(19)3/h4-10,12,18H,11H2,1-3H3,(H,20,21). The number of benzene rings is 1. The summed E-state index contributed by atoms with van der Waals surface area (Å²) in [7, 11) is 0.